The molecule has 1 aliphatic heterocycles. The molecule has 4 nitrogen and oxygen atoms in total. The fourth-order valence-electron chi connectivity index (χ4n) is 2.93. The predicted octanol–water partition coefficient (Wildman–Crippen LogP) is 2.12. The number of likely N-dealkylation sites (tertiary alicyclic amines) is 1. The highest BCUT2D eigenvalue weighted by atomic mass is 35.5. The van der Waals surface area contributed by atoms with Gasteiger partial charge in [-0.15, -0.1) is 12.4 Å². The lowest BCUT2D eigenvalue weighted by molar-refractivity contribution is 0.0778. The van der Waals surface area contributed by atoms with Crippen LogP contribution in [0.2, 0.25) is 0 Å². The Balaban J connectivity index is 0.00000220. The van der Waals surface area contributed by atoms with Crippen LogP contribution >= 0.6 is 12.4 Å². The Bertz CT molecular complexity index is 445. The van der Waals surface area contributed by atoms with Gasteiger partial charge in [0.25, 0.3) is 5.91 Å². The van der Waals surface area contributed by atoms with Crippen LogP contribution in [0.3, 0.4) is 0 Å². The van der Waals surface area contributed by atoms with Crippen LogP contribution in [0.25, 0.3) is 0 Å². The molecule has 0 saturated carbocycles. The van der Waals surface area contributed by atoms with Gasteiger partial charge in [-0.2, -0.15) is 0 Å². The van der Waals surface area contributed by atoms with Crippen LogP contribution in [-0.4, -0.2) is 47.9 Å². The summed E-state index contributed by atoms with van der Waals surface area (Å²) in [6, 6.07) is 8.15. The summed E-state index contributed by atoms with van der Waals surface area (Å²) in [5.74, 6) is 0.142. The van der Waals surface area contributed by atoms with Crippen molar-refractivity contribution in [2.45, 2.75) is 32.9 Å². The van der Waals surface area contributed by atoms with Crippen molar-refractivity contribution in [2.24, 2.45) is 5.73 Å². The third-order valence-electron chi connectivity index (χ3n) is 4.22. The van der Waals surface area contributed by atoms with Crippen molar-refractivity contribution < 1.29 is 4.79 Å². The van der Waals surface area contributed by atoms with E-state index in [9.17, 15) is 4.79 Å². The van der Waals surface area contributed by atoms with Crippen molar-refractivity contribution in [1.82, 2.24) is 9.80 Å². The molecule has 1 amide bonds. The molecule has 2 rings (SSSR count). The minimum atomic E-state index is 0. The second kappa shape index (κ2) is 8.37. The van der Waals surface area contributed by atoms with Gasteiger partial charge in [0.15, 0.2) is 0 Å². The molecule has 0 spiro atoms. The first-order chi connectivity index (χ1) is 9.69. The van der Waals surface area contributed by atoms with Crippen molar-refractivity contribution in [2.75, 3.05) is 26.2 Å². The van der Waals surface area contributed by atoms with Gasteiger partial charge < -0.3 is 10.6 Å². The van der Waals surface area contributed by atoms with E-state index in [-0.39, 0.29) is 18.3 Å². The van der Waals surface area contributed by atoms with Gasteiger partial charge in [-0.3, -0.25) is 9.69 Å². The maximum atomic E-state index is 12.5. The monoisotopic (exact) mass is 311 g/mol. The maximum absolute atomic E-state index is 12.5. The van der Waals surface area contributed by atoms with Gasteiger partial charge in [-0.25, -0.2) is 0 Å². The van der Waals surface area contributed by atoms with Crippen LogP contribution < -0.4 is 5.73 Å². The number of likely N-dealkylation sites (N-methyl/N-ethyl adjacent to an activating group) is 1. The Kier molecular flexibility index (Phi) is 7.15. The largest absolute Gasteiger partial charge is 0.337 e. The van der Waals surface area contributed by atoms with Crippen molar-refractivity contribution in [1.29, 1.82) is 0 Å². The molecule has 118 valence electrons. The SMILES string of the molecule is CCN(CC)C1CCN(C(=O)c2ccc(CN)cc2)C1.Cl. The molecule has 1 aromatic rings. The molecule has 1 heterocycles. The van der Waals surface area contributed by atoms with E-state index in [1.807, 2.05) is 29.2 Å². The number of hydrogen-bond acceptors (Lipinski definition) is 3. The first-order valence-corrected chi connectivity index (χ1v) is 7.51. The third kappa shape index (κ3) is 4.19. The lowest BCUT2D eigenvalue weighted by atomic mass is 10.1. The van der Waals surface area contributed by atoms with Crippen LogP contribution in [0.4, 0.5) is 0 Å². The zero-order valence-corrected chi connectivity index (χ0v) is 13.7. The summed E-state index contributed by atoms with van der Waals surface area (Å²) in [7, 11) is 0. The number of carbonyl (C=O) groups is 1. The van der Waals surface area contributed by atoms with Crippen molar-refractivity contribution in [3.05, 3.63) is 35.4 Å². The second-order valence-corrected chi connectivity index (χ2v) is 5.32. The number of nitrogens with zero attached hydrogens (tertiary/aromatic N) is 2. The Morgan fingerprint density at radius 1 is 1.29 bits per heavy atom. The van der Waals surface area contributed by atoms with Gasteiger partial charge in [0.1, 0.15) is 0 Å². The highest BCUT2D eigenvalue weighted by Gasteiger charge is 2.29. The average Bonchev–Trinajstić information content (AvgIpc) is 2.97. The molecule has 21 heavy (non-hydrogen) atoms. The highest BCUT2D eigenvalue weighted by molar-refractivity contribution is 5.94. The molecular formula is C16H26ClN3O. The summed E-state index contributed by atoms with van der Waals surface area (Å²) in [4.78, 5) is 16.9. The van der Waals surface area contributed by atoms with Crippen LogP contribution in [0.1, 0.15) is 36.2 Å². The molecular weight excluding hydrogens is 286 g/mol. The lowest BCUT2D eigenvalue weighted by Gasteiger charge is -2.26. The first kappa shape index (κ1) is 18.0. The smallest absolute Gasteiger partial charge is 0.253 e. The summed E-state index contributed by atoms with van der Waals surface area (Å²) in [5.41, 5.74) is 7.40. The van der Waals surface area contributed by atoms with Gasteiger partial charge in [0, 0.05) is 31.2 Å². The third-order valence-corrected chi connectivity index (χ3v) is 4.22. The zero-order valence-electron chi connectivity index (χ0n) is 12.9. The van der Waals surface area contributed by atoms with E-state index < -0.39 is 0 Å². The van der Waals surface area contributed by atoms with Crippen LogP contribution in [0.15, 0.2) is 24.3 Å². The Morgan fingerprint density at radius 3 is 2.43 bits per heavy atom. The van der Waals surface area contributed by atoms with Crippen molar-refractivity contribution >= 4 is 18.3 Å². The number of rotatable bonds is 5. The summed E-state index contributed by atoms with van der Waals surface area (Å²) in [5, 5.41) is 0. The Hall–Kier alpha value is -1.10. The molecule has 0 radical (unpaired) electrons. The van der Waals surface area contributed by atoms with E-state index in [4.69, 9.17) is 5.73 Å². The zero-order chi connectivity index (χ0) is 14.5. The van der Waals surface area contributed by atoms with E-state index >= 15 is 0 Å². The minimum absolute atomic E-state index is 0. The normalized spacial score (nSPS) is 17.9. The van der Waals surface area contributed by atoms with E-state index in [2.05, 4.69) is 18.7 Å². The highest BCUT2D eigenvalue weighted by Crippen LogP contribution is 2.18. The number of carbonyl (C=O) groups excluding carboxylic acids is 1. The standard InChI is InChI=1S/C16H25N3O.ClH/c1-3-18(4-2)15-9-10-19(12-15)16(20)14-7-5-13(11-17)6-8-14;/h5-8,15H,3-4,9-12,17H2,1-2H3;1H. The average molecular weight is 312 g/mol. The Labute approximate surface area is 133 Å². The maximum Gasteiger partial charge on any atom is 0.253 e. The van der Waals surface area contributed by atoms with Crippen LogP contribution in [0.5, 0.6) is 0 Å². The number of amides is 1. The van der Waals surface area contributed by atoms with E-state index in [1.54, 1.807) is 0 Å². The number of halogens is 1. The van der Waals surface area contributed by atoms with Gasteiger partial charge in [-0.1, -0.05) is 26.0 Å². The minimum Gasteiger partial charge on any atom is -0.337 e. The molecule has 0 aromatic heterocycles. The number of nitrogens with two attached hydrogens (primary N) is 1. The van der Waals surface area contributed by atoms with Crippen molar-refractivity contribution in [3.8, 4) is 0 Å². The summed E-state index contributed by atoms with van der Waals surface area (Å²) in [6.45, 7) is 8.68. The molecule has 0 bridgehead atoms. The summed E-state index contributed by atoms with van der Waals surface area (Å²) >= 11 is 0. The van der Waals surface area contributed by atoms with Gasteiger partial charge in [0.2, 0.25) is 0 Å². The van der Waals surface area contributed by atoms with Gasteiger partial charge in [0.05, 0.1) is 0 Å². The molecule has 5 heteroatoms. The molecule has 1 saturated heterocycles. The molecule has 1 unspecified atom stereocenters. The molecule has 1 atom stereocenters. The number of benzene rings is 1. The molecule has 0 aliphatic carbocycles. The Morgan fingerprint density at radius 2 is 1.90 bits per heavy atom. The first-order valence-electron chi connectivity index (χ1n) is 7.51. The molecule has 1 aromatic carbocycles. The predicted molar refractivity (Wildman–Crippen MR) is 88.8 cm³/mol. The second-order valence-electron chi connectivity index (χ2n) is 5.32. The summed E-state index contributed by atoms with van der Waals surface area (Å²) in [6.07, 6.45) is 1.08. The molecule has 1 aliphatic rings. The molecule has 1 fully saturated rings. The van der Waals surface area contributed by atoms with Crippen LogP contribution in [0, 0.1) is 0 Å². The van der Waals surface area contributed by atoms with Crippen molar-refractivity contribution in [3.63, 3.8) is 0 Å². The fourth-order valence-corrected chi connectivity index (χ4v) is 2.93. The molecule has 2 N–H and O–H groups in total. The van der Waals surface area contributed by atoms with E-state index in [0.717, 1.165) is 43.7 Å². The van der Waals surface area contributed by atoms with Gasteiger partial charge >= 0.3 is 0 Å². The fraction of sp³-hybridized carbons (Fsp3) is 0.562. The van der Waals surface area contributed by atoms with E-state index in [1.165, 1.54) is 0 Å². The summed E-state index contributed by atoms with van der Waals surface area (Å²) < 4.78 is 0. The van der Waals surface area contributed by atoms with Gasteiger partial charge in [-0.05, 0) is 37.2 Å². The van der Waals surface area contributed by atoms with E-state index in [0.29, 0.717) is 12.6 Å². The topological polar surface area (TPSA) is 49.6 Å². The lowest BCUT2D eigenvalue weighted by Crippen LogP contribution is -2.38. The number of hydrogen-bond donors (Lipinski definition) is 1. The quantitative estimate of drug-likeness (QED) is 0.906. The van der Waals surface area contributed by atoms with Crippen LogP contribution in [-0.2, 0) is 6.54 Å².